The molecule has 0 spiro atoms. The van der Waals surface area contributed by atoms with Gasteiger partial charge in [-0.2, -0.15) is 10.4 Å². The van der Waals surface area contributed by atoms with Crippen molar-refractivity contribution in [2.75, 3.05) is 6.61 Å². The third kappa shape index (κ3) is 4.83. The predicted molar refractivity (Wildman–Crippen MR) is 115 cm³/mol. The minimum Gasteiger partial charge on any atom is -0.493 e. The van der Waals surface area contributed by atoms with Crippen LogP contribution in [0.2, 0.25) is 0 Å². The summed E-state index contributed by atoms with van der Waals surface area (Å²) in [4.78, 5) is 0. The van der Waals surface area contributed by atoms with Crippen molar-refractivity contribution in [3.63, 3.8) is 0 Å². The van der Waals surface area contributed by atoms with E-state index in [1.165, 1.54) is 16.3 Å². The van der Waals surface area contributed by atoms with Gasteiger partial charge in [0.25, 0.3) is 0 Å². The largest absolute Gasteiger partial charge is 0.493 e. The van der Waals surface area contributed by atoms with Gasteiger partial charge in [0.1, 0.15) is 5.75 Å². The summed E-state index contributed by atoms with van der Waals surface area (Å²) in [6, 6.07) is 25.4. The highest BCUT2D eigenvalue weighted by Crippen LogP contribution is 2.24. The number of nitrogens with one attached hydrogen (secondary N) is 1. The lowest BCUT2D eigenvalue weighted by Gasteiger charge is -2.13. The van der Waals surface area contributed by atoms with E-state index >= 15 is 0 Å². The van der Waals surface area contributed by atoms with Crippen molar-refractivity contribution in [2.45, 2.75) is 25.7 Å². The number of aryl methyl sites for hydroxylation is 1. The Kier molecular flexibility index (Phi) is 5.87. The fraction of sp³-hybridized carbons (Fsp3) is 0.200. The van der Waals surface area contributed by atoms with E-state index in [2.05, 4.69) is 76.9 Å². The molecule has 0 saturated heterocycles. The van der Waals surface area contributed by atoms with Crippen molar-refractivity contribution in [1.29, 1.82) is 5.26 Å². The molecule has 1 aromatic heterocycles. The summed E-state index contributed by atoms with van der Waals surface area (Å²) in [6.45, 7) is 0.603. The molecule has 29 heavy (non-hydrogen) atoms. The lowest BCUT2D eigenvalue weighted by Crippen LogP contribution is -2.04. The Labute approximate surface area is 170 Å². The number of nitriles is 1. The van der Waals surface area contributed by atoms with Crippen LogP contribution in [0, 0.1) is 11.3 Å². The molecule has 3 aromatic carbocycles. The smallest absolute Gasteiger partial charge is 0.122 e. The van der Waals surface area contributed by atoms with Crippen molar-refractivity contribution in [1.82, 2.24) is 10.2 Å². The van der Waals surface area contributed by atoms with Gasteiger partial charge < -0.3 is 4.74 Å². The Morgan fingerprint density at radius 2 is 1.76 bits per heavy atom. The highest BCUT2D eigenvalue weighted by molar-refractivity contribution is 5.82. The van der Waals surface area contributed by atoms with Gasteiger partial charge in [0.05, 0.1) is 12.7 Å². The highest BCUT2D eigenvalue weighted by Gasteiger charge is 2.08. The molecule has 4 heteroatoms. The van der Waals surface area contributed by atoms with E-state index in [1.807, 2.05) is 6.07 Å². The fourth-order valence-electron chi connectivity index (χ4n) is 3.52. The summed E-state index contributed by atoms with van der Waals surface area (Å²) in [5.41, 5.74) is 4.57. The van der Waals surface area contributed by atoms with Crippen molar-refractivity contribution >= 4 is 10.8 Å². The third-order valence-corrected chi connectivity index (χ3v) is 5.05. The number of ether oxygens (including phenoxy) is 1. The van der Waals surface area contributed by atoms with Gasteiger partial charge in [-0.15, -0.1) is 0 Å². The monoisotopic (exact) mass is 381 g/mol. The average Bonchev–Trinajstić information content (AvgIpc) is 3.26. The van der Waals surface area contributed by atoms with Crippen LogP contribution in [0.15, 0.2) is 72.9 Å². The van der Waals surface area contributed by atoms with Gasteiger partial charge in [-0.3, -0.25) is 5.10 Å². The van der Waals surface area contributed by atoms with Crippen LogP contribution in [-0.2, 0) is 19.3 Å². The van der Waals surface area contributed by atoms with Crippen molar-refractivity contribution < 1.29 is 4.74 Å². The van der Waals surface area contributed by atoms with Gasteiger partial charge >= 0.3 is 0 Å². The molecule has 144 valence electrons. The maximum atomic E-state index is 8.95. The van der Waals surface area contributed by atoms with Crippen LogP contribution in [0.4, 0.5) is 0 Å². The van der Waals surface area contributed by atoms with E-state index in [9.17, 15) is 0 Å². The van der Waals surface area contributed by atoms with Crippen LogP contribution in [0.3, 0.4) is 0 Å². The molecule has 1 N–H and O–H groups in total. The first-order valence-corrected chi connectivity index (χ1v) is 9.89. The molecule has 0 radical (unpaired) electrons. The second-order valence-electron chi connectivity index (χ2n) is 7.14. The van der Waals surface area contributed by atoms with Crippen LogP contribution in [-0.4, -0.2) is 16.8 Å². The fourth-order valence-corrected chi connectivity index (χ4v) is 3.52. The molecular weight excluding hydrogens is 358 g/mol. The van der Waals surface area contributed by atoms with Crippen molar-refractivity contribution in [3.8, 4) is 11.8 Å². The number of benzene rings is 3. The van der Waals surface area contributed by atoms with Gasteiger partial charge in [-0.25, -0.2) is 0 Å². The number of fused-ring (bicyclic) bond motifs is 1. The van der Waals surface area contributed by atoms with E-state index in [0.29, 0.717) is 19.4 Å². The standard InChI is InChI=1S/C25H23N3O/c26-13-3-6-22-10-8-20(17-24-11-14-27-28-24)18-25(22)29-15-12-19-7-9-21-4-1-2-5-23(21)16-19/h1-2,4-5,7-11,14,16,18H,3,6,12,15,17H2,(H,27,28). The highest BCUT2D eigenvalue weighted by atomic mass is 16.5. The Hall–Kier alpha value is -3.58. The van der Waals surface area contributed by atoms with Crippen LogP contribution in [0.1, 0.15) is 28.8 Å². The molecule has 0 unspecified atom stereocenters. The molecule has 4 nitrogen and oxygen atoms in total. The topological polar surface area (TPSA) is 61.7 Å². The number of aromatic amines is 1. The lowest BCUT2D eigenvalue weighted by atomic mass is 10.0. The van der Waals surface area contributed by atoms with E-state index < -0.39 is 0 Å². The summed E-state index contributed by atoms with van der Waals surface area (Å²) in [5.74, 6) is 0.873. The van der Waals surface area contributed by atoms with Crippen LogP contribution >= 0.6 is 0 Å². The second kappa shape index (κ2) is 9.07. The van der Waals surface area contributed by atoms with E-state index in [4.69, 9.17) is 10.00 Å². The maximum absolute atomic E-state index is 8.95. The summed E-state index contributed by atoms with van der Waals surface area (Å²) >= 11 is 0. The molecule has 4 aromatic rings. The number of hydrogen-bond acceptors (Lipinski definition) is 3. The summed E-state index contributed by atoms with van der Waals surface area (Å²) in [7, 11) is 0. The molecule has 0 atom stereocenters. The lowest BCUT2D eigenvalue weighted by molar-refractivity contribution is 0.318. The summed E-state index contributed by atoms with van der Waals surface area (Å²) < 4.78 is 6.17. The number of nitrogens with zero attached hydrogens (tertiary/aromatic N) is 2. The van der Waals surface area contributed by atoms with Crippen LogP contribution < -0.4 is 4.74 Å². The predicted octanol–water partition coefficient (Wildman–Crippen LogP) is 5.23. The number of H-pyrrole nitrogens is 1. The first kappa shape index (κ1) is 18.8. The molecular formula is C25H23N3O. The third-order valence-electron chi connectivity index (χ3n) is 5.05. The van der Waals surface area contributed by atoms with Gasteiger partial charge in [0.2, 0.25) is 0 Å². The molecule has 0 aliphatic rings. The molecule has 0 bridgehead atoms. The first-order chi connectivity index (χ1) is 14.3. The zero-order chi connectivity index (χ0) is 19.9. The summed E-state index contributed by atoms with van der Waals surface area (Å²) in [5, 5.41) is 18.5. The maximum Gasteiger partial charge on any atom is 0.122 e. The molecule has 1 heterocycles. The van der Waals surface area contributed by atoms with Crippen LogP contribution in [0.25, 0.3) is 10.8 Å². The Morgan fingerprint density at radius 3 is 2.59 bits per heavy atom. The van der Waals surface area contributed by atoms with Gasteiger partial charge in [-0.05, 0) is 46.0 Å². The van der Waals surface area contributed by atoms with Gasteiger partial charge in [0, 0.05) is 31.2 Å². The van der Waals surface area contributed by atoms with Crippen molar-refractivity contribution in [2.24, 2.45) is 0 Å². The first-order valence-electron chi connectivity index (χ1n) is 9.89. The van der Waals surface area contributed by atoms with Gasteiger partial charge in [-0.1, -0.05) is 54.6 Å². The van der Waals surface area contributed by atoms with E-state index in [-0.39, 0.29) is 0 Å². The average molecular weight is 381 g/mol. The van der Waals surface area contributed by atoms with E-state index in [0.717, 1.165) is 35.4 Å². The number of rotatable bonds is 8. The molecule has 0 aliphatic heterocycles. The molecule has 0 saturated carbocycles. The Balaban J connectivity index is 1.46. The zero-order valence-electron chi connectivity index (χ0n) is 16.3. The SMILES string of the molecule is N#CCCc1ccc(Cc2ccn[nH]2)cc1OCCc1ccc2ccccc2c1. The minimum atomic E-state index is 0.487. The van der Waals surface area contributed by atoms with Crippen molar-refractivity contribution in [3.05, 3.63) is 95.3 Å². The molecule has 0 fully saturated rings. The Bertz CT molecular complexity index is 1130. The second-order valence-corrected chi connectivity index (χ2v) is 7.14. The van der Waals surface area contributed by atoms with Crippen LogP contribution in [0.5, 0.6) is 5.75 Å². The quantitative estimate of drug-likeness (QED) is 0.454. The number of aromatic nitrogens is 2. The van der Waals surface area contributed by atoms with E-state index in [1.54, 1.807) is 6.20 Å². The Morgan fingerprint density at radius 1 is 0.897 bits per heavy atom. The summed E-state index contributed by atoms with van der Waals surface area (Å²) in [6.07, 6.45) is 4.57. The number of hydrogen-bond donors (Lipinski definition) is 1. The minimum absolute atomic E-state index is 0.487. The molecule has 4 rings (SSSR count). The molecule has 0 aliphatic carbocycles. The molecule has 0 amide bonds. The van der Waals surface area contributed by atoms with Gasteiger partial charge in [0.15, 0.2) is 0 Å². The normalized spacial score (nSPS) is 10.7. The zero-order valence-corrected chi connectivity index (χ0v) is 16.3.